The molecule has 2 N–H and O–H groups in total. The normalized spacial score (nSPS) is 11.1. The van der Waals surface area contributed by atoms with Crippen LogP contribution in [-0.4, -0.2) is 19.0 Å². The predicted octanol–water partition coefficient (Wildman–Crippen LogP) is 2.58. The van der Waals surface area contributed by atoms with Gasteiger partial charge in [0.15, 0.2) is 0 Å². The van der Waals surface area contributed by atoms with Gasteiger partial charge in [-0.15, -0.1) is 6.58 Å². The van der Waals surface area contributed by atoms with Gasteiger partial charge in [0.1, 0.15) is 0 Å². The van der Waals surface area contributed by atoms with E-state index in [1.54, 1.807) is 6.08 Å². The fourth-order valence-electron chi connectivity index (χ4n) is 1.62. The molecule has 0 aliphatic rings. The first-order valence-electron chi connectivity index (χ1n) is 5.84. The van der Waals surface area contributed by atoms with Gasteiger partial charge in [-0.3, -0.25) is 4.79 Å². The Bertz CT molecular complexity index is 412. The molecule has 1 aromatic rings. The monoisotopic (exact) mass is 310 g/mol. The van der Waals surface area contributed by atoms with E-state index >= 15 is 0 Å². The Balaban J connectivity index is 2.60. The highest BCUT2D eigenvalue weighted by molar-refractivity contribution is 9.10. The van der Waals surface area contributed by atoms with Gasteiger partial charge in [0.05, 0.1) is 12.1 Å². The van der Waals surface area contributed by atoms with Gasteiger partial charge >= 0.3 is 0 Å². The molecule has 0 bridgehead atoms. The number of nitrogens with one attached hydrogen (secondary N) is 2. The van der Waals surface area contributed by atoms with Crippen molar-refractivity contribution in [1.82, 2.24) is 10.6 Å². The van der Waals surface area contributed by atoms with Crippen molar-refractivity contribution in [3.8, 4) is 0 Å². The second-order valence-corrected chi connectivity index (χ2v) is 5.52. The molecule has 0 aliphatic heterocycles. The van der Waals surface area contributed by atoms with Gasteiger partial charge < -0.3 is 10.6 Å². The maximum Gasteiger partial charge on any atom is 0.234 e. The quantitative estimate of drug-likeness (QED) is 0.626. The summed E-state index contributed by atoms with van der Waals surface area (Å²) in [6, 6.07) is 7.95. The molecule has 0 aromatic heterocycles. The van der Waals surface area contributed by atoms with Gasteiger partial charge in [-0.1, -0.05) is 34.1 Å². The van der Waals surface area contributed by atoms with E-state index in [1.807, 2.05) is 38.1 Å². The van der Waals surface area contributed by atoms with Crippen molar-refractivity contribution in [2.45, 2.75) is 19.4 Å². The third-order valence-electron chi connectivity index (χ3n) is 2.59. The average Bonchev–Trinajstić information content (AvgIpc) is 2.29. The van der Waals surface area contributed by atoms with Gasteiger partial charge in [0.2, 0.25) is 5.91 Å². The molecule has 0 heterocycles. The van der Waals surface area contributed by atoms with Crippen LogP contribution in [0.3, 0.4) is 0 Å². The molecule has 1 rings (SSSR count). The molecule has 0 saturated carbocycles. The van der Waals surface area contributed by atoms with E-state index < -0.39 is 0 Å². The first-order chi connectivity index (χ1) is 8.45. The standard InChI is InChI=1S/C14H19BrN2O/c1-4-9-16-10-13(18)17-14(2,3)11-5-7-12(15)8-6-11/h4-8,16H,1,9-10H2,2-3H3,(H,17,18). The summed E-state index contributed by atoms with van der Waals surface area (Å²) >= 11 is 3.40. The van der Waals surface area contributed by atoms with E-state index in [2.05, 4.69) is 33.1 Å². The van der Waals surface area contributed by atoms with Crippen LogP contribution in [-0.2, 0) is 10.3 Å². The minimum absolute atomic E-state index is 0.0234. The highest BCUT2D eigenvalue weighted by atomic mass is 79.9. The van der Waals surface area contributed by atoms with E-state index in [0.29, 0.717) is 13.1 Å². The second kappa shape index (κ2) is 6.71. The smallest absolute Gasteiger partial charge is 0.234 e. The van der Waals surface area contributed by atoms with Gasteiger partial charge in [-0.25, -0.2) is 0 Å². The van der Waals surface area contributed by atoms with Crippen LogP contribution in [0.4, 0.5) is 0 Å². The van der Waals surface area contributed by atoms with Crippen LogP contribution in [0.5, 0.6) is 0 Å². The minimum Gasteiger partial charge on any atom is -0.346 e. The number of rotatable bonds is 6. The summed E-state index contributed by atoms with van der Waals surface area (Å²) in [5, 5.41) is 5.98. The molecule has 0 fully saturated rings. The van der Waals surface area contributed by atoms with Gasteiger partial charge in [0.25, 0.3) is 0 Å². The summed E-state index contributed by atoms with van der Waals surface area (Å²) in [6.07, 6.45) is 1.73. The minimum atomic E-state index is -0.381. The zero-order valence-electron chi connectivity index (χ0n) is 10.8. The first kappa shape index (κ1) is 14.9. The van der Waals surface area contributed by atoms with Crippen molar-refractivity contribution in [1.29, 1.82) is 0 Å². The number of amides is 1. The number of hydrogen-bond acceptors (Lipinski definition) is 2. The molecule has 98 valence electrons. The fourth-order valence-corrected chi connectivity index (χ4v) is 1.88. The highest BCUT2D eigenvalue weighted by Gasteiger charge is 2.22. The molecule has 0 spiro atoms. The molecule has 0 atom stereocenters. The lowest BCUT2D eigenvalue weighted by Crippen LogP contribution is -2.45. The molecule has 0 saturated heterocycles. The van der Waals surface area contributed by atoms with Crippen LogP contribution < -0.4 is 10.6 Å². The van der Waals surface area contributed by atoms with Gasteiger partial charge in [0, 0.05) is 11.0 Å². The molecule has 0 unspecified atom stereocenters. The van der Waals surface area contributed by atoms with Gasteiger partial charge in [-0.05, 0) is 31.5 Å². The molecular formula is C14H19BrN2O. The Kier molecular flexibility index (Phi) is 5.56. The molecule has 1 amide bonds. The van der Waals surface area contributed by atoms with E-state index in [1.165, 1.54) is 0 Å². The largest absolute Gasteiger partial charge is 0.346 e. The van der Waals surface area contributed by atoms with Crippen molar-refractivity contribution in [3.05, 3.63) is 47.0 Å². The summed E-state index contributed by atoms with van der Waals surface area (Å²) < 4.78 is 1.03. The highest BCUT2D eigenvalue weighted by Crippen LogP contribution is 2.21. The van der Waals surface area contributed by atoms with Crippen LogP contribution in [0.15, 0.2) is 41.4 Å². The zero-order chi connectivity index (χ0) is 13.6. The summed E-state index contributed by atoms with van der Waals surface area (Å²) in [5.74, 6) is -0.0234. The first-order valence-corrected chi connectivity index (χ1v) is 6.63. The summed E-state index contributed by atoms with van der Waals surface area (Å²) in [4.78, 5) is 11.8. The number of hydrogen-bond donors (Lipinski definition) is 2. The molecular weight excluding hydrogens is 292 g/mol. The van der Waals surface area contributed by atoms with Crippen LogP contribution in [0.25, 0.3) is 0 Å². The fraction of sp³-hybridized carbons (Fsp3) is 0.357. The average molecular weight is 311 g/mol. The number of benzene rings is 1. The van der Waals surface area contributed by atoms with Crippen LogP contribution in [0.1, 0.15) is 19.4 Å². The Hall–Kier alpha value is -1.13. The zero-order valence-corrected chi connectivity index (χ0v) is 12.4. The number of carbonyl (C=O) groups excluding carboxylic acids is 1. The number of carbonyl (C=O) groups is 1. The van der Waals surface area contributed by atoms with E-state index in [4.69, 9.17) is 0 Å². The van der Waals surface area contributed by atoms with Crippen molar-refractivity contribution in [3.63, 3.8) is 0 Å². The Morgan fingerprint density at radius 2 is 2.00 bits per heavy atom. The third-order valence-corrected chi connectivity index (χ3v) is 3.12. The molecule has 18 heavy (non-hydrogen) atoms. The van der Waals surface area contributed by atoms with Crippen LogP contribution in [0.2, 0.25) is 0 Å². The molecule has 0 radical (unpaired) electrons. The maximum absolute atomic E-state index is 11.8. The van der Waals surface area contributed by atoms with E-state index in [0.717, 1.165) is 10.0 Å². The lowest BCUT2D eigenvalue weighted by molar-refractivity contribution is -0.121. The van der Waals surface area contributed by atoms with Crippen molar-refractivity contribution in [2.75, 3.05) is 13.1 Å². The predicted molar refractivity (Wildman–Crippen MR) is 78.4 cm³/mol. The number of halogens is 1. The summed E-state index contributed by atoms with van der Waals surface area (Å²) in [6.45, 7) is 8.49. The molecule has 3 nitrogen and oxygen atoms in total. The van der Waals surface area contributed by atoms with Crippen molar-refractivity contribution < 1.29 is 4.79 Å². The second-order valence-electron chi connectivity index (χ2n) is 4.60. The molecule has 1 aromatic carbocycles. The van der Waals surface area contributed by atoms with Gasteiger partial charge in [-0.2, -0.15) is 0 Å². The Morgan fingerprint density at radius 3 is 2.56 bits per heavy atom. The third kappa shape index (κ3) is 4.63. The van der Waals surface area contributed by atoms with E-state index in [9.17, 15) is 4.79 Å². The summed E-state index contributed by atoms with van der Waals surface area (Å²) in [5.41, 5.74) is 0.691. The van der Waals surface area contributed by atoms with E-state index in [-0.39, 0.29) is 11.4 Å². The SMILES string of the molecule is C=CCNCC(=O)NC(C)(C)c1ccc(Br)cc1. The van der Waals surface area contributed by atoms with Crippen molar-refractivity contribution >= 4 is 21.8 Å². The Morgan fingerprint density at radius 1 is 1.39 bits per heavy atom. The summed E-state index contributed by atoms with van der Waals surface area (Å²) in [7, 11) is 0. The molecule has 0 aliphatic carbocycles. The maximum atomic E-state index is 11.8. The Labute approximate surface area is 117 Å². The van der Waals surface area contributed by atoms with Crippen LogP contribution >= 0.6 is 15.9 Å². The topological polar surface area (TPSA) is 41.1 Å². The lowest BCUT2D eigenvalue weighted by Gasteiger charge is -2.27. The molecule has 4 heteroatoms. The lowest BCUT2D eigenvalue weighted by atomic mass is 9.94. The van der Waals surface area contributed by atoms with Crippen molar-refractivity contribution in [2.24, 2.45) is 0 Å². The van der Waals surface area contributed by atoms with Crippen LogP contribution in [0, 0.1) is 0 Å².